The Hall–Kier alpha value is -2.01. The molecule has 5 heteroatoms. The minimum atomic E-state index is -0.925. The Kier molecular flexibility index (Phi) is 3.34. The summed E-state index contributed by atoms with van der Waals surface area (Å²) in [4.78, 5) is 13.2. The topological polar surface area (TPSA) is 57.5 Å². The number of aromatic nitrogens is 1. The van der Waals surface area contributed by atoms with E-state index in [-0.39, 0.29) is 0 Å². The number of rotatable bonds is 2. The molecule has 2 N–H and O–H groups in total. The standard InChI is InChI=1S/C18H23N3O2/c1-20-9-11(8-19-18(22)23)6-14-13-4-3-5-15-17(13)12(7-16(14)20)10-21(15)2/h3-5,10-11,14,16,19H,6-9H2,1-2H3,(H,22,23)/t11?,14-,16-/m1/s1. The summed E-state index contributed by atoms with van der Waals surface area (Å²) in [5.74, 6) is 0.866. The zero-order chi connectivity index (χ0) is 16.1. The van der Waals surface area contributed by atoms with Crippen LogP contribution in [0.5, 0.6) is 0 Å². The molecule has 1 fully saturated rings. The summed E-state index contributed by atoms with van der Waals surface area (Å²) < 4.78 is 2.23. The summed E-state index contributed by atoms with van der Waals surface area (Å²) in [6.07, 6.45) is 3.50. The van der Waals surface area contributed by atoms with Gasteiger partial charge in [0.2, 0.25) is 0 Å². The lowest BCUT2D eigenvalue weighted by atomic mass is 9.72. The van der Waals surface area contributed by atoms with E-state index >= 15 is 0 Å². The Morgan fingerprint density at radius 3 is 3.00 bits per heavy atom. The van der Waals surface area contributed by atoms with Gasteiger partial charge in [-0.2, -0.15) is 0 Å². The van der Waals surface area contributed by atoms with E-state index in [1.165, 1.54) is 22.0 Å². The minimum Gasteiger partial charge on any atom is -0.465 e. The highest BCUT2D eigenvalue weighted by molar-refractivity contribution is 5.89. The monoisotopic (exact) mass is 313 g/mol. The molecule has 2 aromatic rings. The first kappa shape index (κ1) is 14.6. The van der Waals surface area contributed by atoms with Crippen LogP contribution in [0.1, 0.15) is 23.5 Å². The van der Waals surface area contributed by atoms with Crippen molar-refractivity contribution in [2.24, 2.45) is 13.0 Å². The van der Waals surface area contributed by atoms with Crippen LogP contribution in [-0.2, 0) is 13.5 Å². The summed E-state index contributed by atoms with van der Waals surface area (Å²) in [6.45, 7) is 1.50. The van der Waals surface area contributed by atoms with Crippen LogP contribution >= 0.6 is 0 Å². The second-order valence-corrected chi connectivity index (χ2v) is 7.11. The van der Waals surface area contributed by atoms with E-state index in [2.05, 4.69) is 53.3 Å². The molecule has 0 saturated carbocycles. The second-order valence-electron chi connectivity index (χ2n) is 7.11. The highest BCUT2D eigenvalue weighted by atomic mass is 16.4. The number of carboxylic acid groups (broad SMARTS) is 1. The molecule has 5 nitrogen and oxygen atoms in total. The SMILES string of the molecule is CN1CC(CNC(=O)O)C[C@@H]2c3cccc4c3c(cn4C)C[C@H]21. The van der Waals surface area contributed by atoms with Crippen LogP contribution in [0.15, 0.2) is 24.4 Å². The number of nitrogens with zero attached hydrogens (tertiary/aromatic N) is 2. The van der Waals surface area contributed by atoms with Crippen molar-refractivity contribution >= 4 is 17.0 Å². The maximum Gasteiger partial charge on any atom is 0.404 e. The van der Waals surface area contributed by atoms with Crippen molar-refractivity contribution in [3.05, 3.63) is 35.5 Å². The molecule has 0 radical (unpaired) electrons. The molecule has 1 aliphatic heterocycles. The Bertz CT molecular complexity index is 767. The van der Waals surface area contributed by atoms with Crippen LogP contribution in [0, 0.1) is 5.92 Å². The fraction of sp³-hybridized carbons (Fsp3) is 0.500. The molecular formula is C18H23N3O2. The Morgan fingerprint density at radius 1 is 1.39 bits per heavy atom. The van der Waals surface area contributed by atoms with Crippen molar-refractivity contribution in [3.63, 3.8) is 0 Å². The van der Waals surface area contributed by atoms with Gasteiger partial charge in [0.1, 0.15) is 0 Å². The number of hydrogen-bond acceptors (Lipinski definition) is 2. The lowest BCUT2D eigenvalue weighted by Crippen LogP contribution is -2.50. The number of nitrogens with one attached hydrogen (secondary N) is 1. The van der Waals surface area contributed by atoms with Crippen LogP contribution in [0.25, 0.3) is 10.9 Å². The van der Waals surface area contributed by atoms with Gasteiger partial charge in [-0.25, -0.2) is 4.79 Å². The predicted molar refractivity (Wildman–Crippen MR) is 89.9 cm³/mol. The van der Waals surface area contributed by atoms with E-state index in [0.29, 0.717) is 24.4 Å². The van der Waals surface area contributed by atoms with Crippen molar-refractivity contribution < 1.29 is 9.90 Å². The van der Waals surface area contributed by atoms with Gasteiger partial charge in [0.15, 0.2) is 0 Å². The van der Waals surface area contributed by atoms with E-state index < -0.39 is 6.09 Å². The Balaban J connectivity index is 1.70. The highest BCUT2D eigenvalue weighted by Crippen LogP contribution is 2.44. The molecule has 2 aliphatic rings. The van der Waals surface area contributed by atoms with Gasteiger partial charge in [0.25, 0.3) is 0 Å². The van der Waals surface area contributed by atoms with E-state index in [9.17, 15) is 4.79 Å². The van der Waals surface area contributed by atoms with E-state index in [1.54, 1.807) is 0 Å². The van der Waals surface area contributed by atoms with Gasteiger partial charge in [-0.15, -0.1) is 0 Å². The van der Waals surface area contributed by atoms with Gasteiger partial charge in [-0.3, -0.25) is 0 Å². The van der Waals surface area contributed by atoms with Crippen LogP contribution in [0.2, 0.25) is 0 Å². The van der Waals surface area contributed by atoms with Crippen LogP contribution in [0.4, 0.5) is 4.79 Å². The molecule has 3 atom stereocenters. The number of hydrogen-bond donors (Lipinski definition) is 2. The summed E-state index contributed by atoms with van der Waals surface area (Å²) in [5, 5.41) is 12.9. The zero-order valence-corrected chi connectivity index (χ0v) is 13.6. The van der Waals surface area contributed by atoms with E-state index in [4.69, 9.17) is 5.11 Å². The number of aryl methyl sites for hydroxylation is 1. The first-order valence-electron chi connectivity index (χ1n) is 8.28. The first-order chi connectivity index (χ1) is 11.0. The van der Waals surface area contributed by atoms with Crippen molar-refractivity contribution in [2.45, 2.75) is 24.8 Å². The number of fused-ring (bicyclic) bond motifs is 2. The van der Waals surface area contributed by atoms with Crippen molar-refractivity contribution in [1.29, 1.82) is 0 Å². The summed E-state index contributed by atoms with van der Waals surface area (Å²) in [6, 6.07) is 7.14. The first-order valence-corrected chi connectivity index (χ1v) is 8.28. The Morgan fingerprint density at radius 2 is 2.22 bits per heavy atom. The van der Waals surface area contributed by atoms with E-state index in [0.717, 1.165) is 19.4 Å². The zero-order valence-electron chi connectivity index (χ0n) is 13.6. The third-order valence-electron chi connectivity index (χ3n) is 5.66. The van der Waals surface area contributed by atoms with Gasteiger partial charge in [0, 0.05) is 49.2 Å². The quantitative estimate of drug-likeness (QED) is 0.895. The van der Waals surface area contributed by atoms with Crippen LogP contribution in [-0.4, -0.2) is 46.8 Å². The average Bonchev–Trinajstić information content (AvgIpc) is 2.84. The molecule has 1 aromatic heterocycles. The normalized spacial score (nSPS) is 27.0. The number of carbonyl (C=O) groups is 1. The summed E-state index contributed by atoms with van der Waals surface area (Å²) >= 11 is 0. The molecule has 1 aliphatic carbocycles. The number of piperidine rings is 1. The number of benzene rings is 1. The van der Waals surface area contributed by atoms with Crippen LogP contribution < -0.4 is 5.32 Å². The van der Waals surface area contributed by atoms with Gasteiger partial charge in [0.05, 0.1) is 0 Å². The number of amides is 1. The van der Waals surface area contributed by atoms with Gasteiger partial charge in [-0.1, -0.05) is 12.1 Å². The maximum absolute atomic E-state index is 10.8. The molecule has 122 valence electrons. The van der Waals surface area contributed by atoms with E-state index in [1.807, 2.05) is 0 Å². The predicted octanol–water partition coefficient (Wildman–Crippen LogP) is 2.41. The third-order valence-corrected chi connectivity index (χ3v) is 5.66. The van der Waals surface area contributed by atoms with Crippen molar-refractivity contribution in [3.8, 4) is 0 Å². The maximum atomic E-state index is 10.8. The van der Waals surface area contributed by atoms with Crippen molar-refractivity contribution in [1.82, 2.24) is 14.8 Å². The van der Waals surface area contributed by atoms with Crippen LogP contribution in [0.3, 0.4) is 0 Å². The fourth-order valence-corrected chi connectivity index (χ4v) is 4.71. The summed E-state index contributed by atoms with van der Waals surface area (Å²) in [5.41, 5.74) is 4.21. The van der Waals surface area contributed by atoms with Gasteiger partial charge >= 0.3 is 6.09 Å². The smallest absolute Gasteiger partial charge is 0.404 e. The average molecular weight is 313 g/mol. The minimum absolute atomic E-state index is 0.373. The second kappa shape index (κ2) is 5.27. The molecule has 1 unspecified atom stereocenters. The molecule has 2 heterocycles. The molecule has 0 spiro atoms. The largest absolute Gasteiger partial charge is 0.465 e. The highest BCUT2D eigenvalue weighted by Gasteiger charge is 2.39. The molecule has 23 heavy (non-hydrogen) atoms. The third kappa shape index (κ3) is 2.30. The Labute approximate surface area is 135 Å². The number of likely N-dealkylation sites (tertiary alicyclic amines) is 1. The molecule has 4 rings (SSSR count). The van der Waals surface area contributed by atoms with Crippen molar-refractivity contribution in [2.75, 3.05) is 20.1 Å². The number of likely N-dealkylation sites (N-methyl/N-ethyl adjacent to an activating group) is 1. The molecule has 0 bridgehead atoms. The molecule has 1 saturated heterocycles. The molecule has 1 aromatic carbocycles. The van der Waals surface area contributed by atoms with Gasteiger partial charge < -0.3 is 19.9 Å². The molecule has 1 amide bonds. The molecular weight excluding hydrogens is 290 g/mol. The lowest BCUT2D eigenvalue weighted by Gasteiger charge is -2.45. The fourth-order valence-electron chi connectivity index (χ4n) is 4.71. The lowest BCUT2D eigenvalue weighted by molar-refractivity contribution is 0.110. The van der Waals surface area contributed by atoms with Gasteiger partial charge in [-0.05, 0) is 43.0 Å². The summed E-state index contributed by atoms with van der Waals surface area (Å²) in [7, 11) is 4.30.